The van der Waals surface area contributed by atoms with Gasteiger partial charge in [0.05, 0.1) is 6.20 Å². The molecule has 0 aliphatic carbocycles. The van der Waals surface area contributed by atoms with Gasteiger partial charge < -0.3 is 4.74 Å². The molecule has 0 saturated carbocycles. The van der Waals surface area contributed by atoms with Crippen LogP contribution in [0.1, 0.15) is 10.5 Å². The third kappa shape index (κ3) is 3.21. The van der Waals surface area contributed by atoms with Gasteiger partial charge in [0.25, 0.3) is 5.24 Å². The Bertz CT molecular complexity index is 336. The molecule has 0 atom stereocenters. The molecule has 1 heterocycles. The lowest BCUT2D eigenvalue weighted by Gasteiger charge is -2.07. The molecule has 76 valence electrons. The maximum atomic E-state index is 11.7. The molecule has 0 bridgehead atoms. The number of alkyl halides is 3. The second-order valence-electron chi connectivity index (χ2n) is 2.20. The van der Waals surface area contributed by atoms with E-state index in [0.29, 0.717) is 0 Å². The molecule has 0 radical (unpaired) electrons. The van der Waals surface area contributed by atoms with Crippen LogP contribution in [0, 0.1) is 0 Å². The van der Waals surface area contributed by atoms with Crippen LogP contribution < -0.4 is 4.74 Å². The highest BCUT2D eigenvalue weighted by Gasteiger charge is 2.31. The first-order valence-electron chi connectivity index (χ1n) is 3.30. The summed E-state index contributed by atoms with van der Waals surface area (Å²) in [4.78, 5) is 13.8. The number of hydrogen-bond acceptors (Lipinski definition) is 3. The van der Waals surface area contributed by atoms with E-state index in [1.807, 2.05) is 0 Å². The Morgan fingerprint density at radius 3 is 2.43 bits per heavy atom. The molecule has 7 heteroatoms. The molecule has 0 aliphatic heterocycles. The maximum absolute atomic E-state index is 11.7. The van der Waals surface area contributed by atoms with Crippen molar-refractivity contribution in [3.05, 3.63) is 24.0 Å². The van der Waals surface area contributed by atoms with Gasteiger partial charge >= 0.3 is 6.36 Å². The Morgan fingerprint density at radius 2 is 2.07 bits per heavy atom. The first-order valence-corrected chi connectivity index (χ1v) is 3.68. The van der Waals surface area contributed by atoms with Crippen LogP contribution >= 0.6 is 11.6 Å². The zero-order valence-electron chi connectivity index (χ0n) is 6.51. The number of ether oxygens (including phenoxy) is 1. The number of halogens is 4. The third-order valence-corrected chi connectivity index (χ3v) is 1.36. The number of carbonyl (C=O) groups is 1. The van der Waals surface area contributed by atoms with Gasteiger partial charge in [-0.2, -0.15) is 0 Å². The minimum atomic E-state index is -4.77. The first kappa shape index (κ1) is 10.8. The van der Waals surface area contributed by atoms with Gasteiger partial charge in [-0.1, -0.05) is 0 Å². The smallest absolute Gasteiger partial charge is 0.404 e. The largest absolute Gasteiger partial charge is 0.573 e. The number of carbonyl (C=O) groups excluding carboxylic acids is 1. The summed E-state index contributed by atoms with van der Waals surface area (Å²) in [6.07, 6.45) is -4.00. The van der Waals surface area contributed by atoms with Crippen molar-refractivity contribution in [1.82, 2.24) is 4.98 Å². The molecule has 0 spiro atoms. The zero-order chi connectivity index (χ0) is 10.8. The summed E-state index contributed by atoms with van der Waals surface area (Å²) < 4.78 is 38.5. The van der Waals surface area contributed by atoms with E-state index >= 15 is 0 Å². The van der Waals surface area contributed by atoms with E-state index in [1.165, 1.54) is 0 Å². The number of pyridine rings is 1. The topological polar surface area (TPSA) is 39.2 Å². The Balaban J connectivity index is 2.79. The van der Waals surface area contributed by atoms with Crippen molar-refractivity contribution in [2.24, 2.45) is 0 Å². The third-order valence-electron chi connectivity index (χ3n) is 1.17. The summed E-state index contributed by atoms with van der Waals surface area (Å²) in [6, 6.07) is 1.99. The molecular weight excluding hydrogens is 223 g/mol. The van der Waals surface area contributed by atoms with Gasteiger partial charge in [-0.3, -0.25) is 4.79 Å². The Hall–Kier alpha value is -1.30. The van der Waals surface area contributed by atoms with Crippen LogP contribution in [0.2, 0.25) is 0 Å². The fourth-order valence-electron chi connectivity index (χ4n) is 0.691. The van der Waals surface area contributed by atoms with E-state index in [4.69, 9.17) is 11.6 Å². The minimum Gasteiger partial charge on any atom is -0.404 e. The van der Waals surface area contributed by atoms with Crippen molar-refractivity contribution in [2.75, 3.05) is 0 Å². The highest BCUT2D eigenvalue weighted by molar-refractivity contribution is 6.67. The van der Waals surface area contributed by atoms with E-state index in [2.05, 4.69) is 9.72 Å². The average Bonchev–Trinajstić information content (AvgIpc) is 2.02. The number of rotatable bonds is 2. The molecule has 0 unspecified atom stereocenters. The van der Waals surface area contributed by atoms with Gasteiger partial charge in [-0.15, -0.1) is 13.2 Å². The van der Waals surface area contributed by atoms with Gasteiger partial charge in [0, 0.05) is 0 Å². The lowest BCUT2D eigenvalue weighted by atomic mass is 10.4. The molecular formula is C7H3ClF3NO2. The molecule has 0 saturated heterocycles. The van der Waals surface area contributed by atoms with Gasteiger partial charge in [-0.25, -0.2) is 4.98 Å². The molecule has 0 amide bonds. The predicted molar refractivity (Wildman–Crippen MR) is 41.1 cm³/mol. The second-order valence-corrected chi connectivity index (χ2v) is 2.54. The predicted octanol–water partition coefficient (Wildman–Crippen LogP) is 2.36. The number of aromatic nitrogens is 1. The average molecular weight is 226 g/mol. The quantitative estimate of drug-likeness (QED) is 0.726. The Morgan fingerprint density at radius 1 is 1.43 bits per heavy atom. The van der Waals surface area contributed by atoms with E-state index in [9.17, 15) is 18.0 Å². The van der Waals surface area contributed by atoms with E-state index in [1.54, 1.807) is 0 Å². The van der Waals surface area contributed by atoms with Crippen LogP contribution in [-0.2, 0) is 0 Å². The van der Waals surface area contributed by atoms with Gasteiger partial charge in [0.15, 0.2) is 0 Å². The van der Waals surface area contributed by atoms with Gasteiger partial charge in [0.2, 0.25) is 0 Å². The molecule has 3 nitrogen and oxygen atoms in total. The Labute approximate surface area is 81.5 Å². The zero-order valence-corrected chi connectivity index (χ0v) is 7.26. The molecule has 14 heavy (non-hydrogen) atoms. The Kier molecular flexibility index (Phi) is 2.95. The van der Waals surface area contributed by atoms with E-state index < -0.39 is 17.4 Å². The molecule has 0 N–H and O–H groups in total. The van der Waals surface area contributed by atoms with Crippen LogP contribution in [0.25, 0.3) is 0 Å². The molecule has 1 aromatic rings. The van der Waals surface area contributed by atoms with Crippen molar-refractivity contribution in [3.63, 3.8) is 0 Å². The SMILES string of the molecule is O=C(Cl)c1ccc(OC(F)(F)F)cn1. The lowest BCUT2D eigenvalue weighted by molar-refractivity contribution is -0.274. The van der Waals surface area contributed by atoms with Crippen LogP contribution in [-0.4, -0.2) is 16.6 Å². The van der Waals surface area contributed by atoms with E-state index in [-0.39, 0.29) is 5.69 Å². The summed E-state index contributed by atoms with van der Waals surface area (Å²) in [5, 5.41) is -0.844. The van der Waals surface area contributed by atoms with Crippen molar-refractivity contribution < 1.29 is 22.7 Å². The maximum Gasteiger partial charge on any atom is 0.573 e. The number of hydrogen-bond donors (Lipinski definition) is 0. The standard InChI is InChI=1S/C7H3ClF3NO2/c8-6(13)5-2-1-4(3-12-5)14-7(9,10)11/h1-3H. The van der Waals surface area contributed by atoms with Crippen molar-refractivity contribution in [2.45, 2.75) is 6.36 Å². The molecule has 1 rings (SSSR count). The van der Waals surface area contributed by atoms with Gasteiger partial charge in [0.1, 0.15) is 11.4 Å². The number of nitrogens with zero attached hydrogens (tertiary/aromatic N) is 1. The molecule has 0 aromatic carbocycles. The fraction of sp³-hybridized carbons (Fsp3) is 0.143. The highest BCUT2D eigenvalue weighted by Crippen LogP contribution is 2.21. The summed E-state index contributed by atoms with van der Waals surface area (Å²) in [6.45, 7) is 0. The van der Waals surface area contributed by atoms with Crippen LogP contribution in [0.3, 0.4) is 0 Å². The van der Waals surface area contributed by atoms with Crippen molar-refractivity contribution >= 4 is 16.8 Å². The monoisotopic (exact) mass is 225 g/mol. The summed E-state index contributed by atoms with van der Waals surface area (Å²) >= 11 is 5.02. The summed E-state index contributed by atoms with van der Waals surface area (Å²) in [7, 11) is 0. The second kappa shape index (κ2) is 3.83. The summed E-state index contributed by atoms with van der Waals surface area (Å²) in [5.41, 5.74) is -0.138. The normalized spacial score (nSPS) is 11.1. The molecule has 0 aliphatic rings. The van der Waals surface area contributed by atoms with Crippen LogP contribution in [0.5, 0.6) is 5.75 Å². The van der Waals surface area contributed by atoms with Crippen molar-refractivity contribution in [3.8, 4) is 5.75 Å². The minimum absolute atomic E-state index is 0.138. The van der Waals surface area contributed by atoms with Crippen molar-refractivity contribution in [1.29, 1.82) is 0 Å². The fourth-order valence-corrected chi connectivity index (χ4v) is 0.802. The van der Waals surface area contributed by atoms with Crippen LogP contribution in [0.4, 0.5) is 13.2 Å². The highest BCUT2D eigenvalue weighted by atomic mass is 35.5. The van der Waals surface area contributed by atoms with Gasteiger partial charge in [-0.05, 0) is 23.7 Å². The summed E-state index contributed by atoms with van der Waals surface area (Å²) in [5.74, 6) is -0.501. The molecule has 1 aromatic heterocycles. The first-order chi connectivity index (χ1) is 6.38. The molecule has 0 fully saturated rings. The van der Waals surface area contributed by atoms with E-state index in [0.717, 1.165) is 18.3 Å². The van der Waals surface area contributed by atoms with Crippen LogP contribution in [0.15, 0.2) is 18.3 Å². The lowest BCUT2D eigenvalue weighted by Crippen LogP contribution is -2.17.